The Labute approximate surface area is 151 Å². The lowest BCUT2D eigenvalue weighted by atomic mass is 10.0. The van der Waals surface area contributed by atoms with Gasteiger partial charge in [-0.15, -0.1) is 11.3 Å². The molecular formula is C13H9ClN2O6S3. The monoisotopic (exact) mass is 420 g/mol. The van der Waals surface area contributed by atoms with Crippen LogP contribution in [0.5, 0.6) is 0 Å². The second-order valence-electron chi connectivity index (χ2n) is 4.95. The third kappa shape index (κ3) is 3.21. The average molecular weight is 421 g/mol. The Kier molecular flexibility index (Phi) is 4.26. The zero-order chi connectivity index (χ0) is 18.6. The van der Waals surface area contributed by atoms with E-state index >= 15 is 0 Å². The van der Waals surface area contributed by atoms with Crippen molar-refractivity contribution in [1.82, 2.24) is 4.98 Å². The molecule has 2 aromatic carbocycles. The predicted molar refractivity (Wildman–Crippen MR) is 94.1 cm³/mol. The number of rotatable bonds is 3. The number of fused-ring (bicyclic) bond motifs is 1. The van der Waals surface area contributed by atoms with Gasteiger partial charge in [-0.05, 0) is 18.2 Å². The Hall–Kier alpha value is -1.76. The highest BCUT2D eigenvalue weighted by Crippen LogP contribution is 2.42. The molecule has 1 heterocycles. The maximum Gasteiger partial charge on any atom is 0.295 e. The minimum atomic E-state index is -4.87. The van der Waals surface area contributed by atoms with E-state index in [1.807, 2.05) is 0 Å². The van der Waals surface area contributed by atoms with Gasteiger partial charge >= 0.3 is 0 Å². The summed E-state index contributed by atoms with van der Waals surface area (Å²) in [5.41, 5.74) is 6.23. The lowest BCUT2D eigenvalue weighted by molar-refractivity contribution is 0.482. The highest BCUT2D eigenvalue weighted by molar-refractivity contribution is 7.86. The molecule has 12 heteroatoms. The molecule has 132 valence electrons. The molecule has 0 radical (unpaired) electrons. The summed E-state index contributed by atoms with van der Waals surface area (Å²) >= 11 is 7.25. The van der Waals surface area contributed by atoms with Gasteiger partial charge in [-0.2, -0.15) is 16.8 Å². The first-order valence-corrected chi connectivity index (χ1v) is 10.5. The molecular weight excluding hydrogens is 412 g/mol. The van der Waals surface area contributed by atoms with Gasteiger partial charge in [0.05, 0.1) is 9.92 Å². The molecule has 0 unspecified atom stereocenters. The van der Waals surface area contributed by atoms with Crippen LogP contribution in [0.15, 0.2) is 39.6 Å². The number of nitrogen functional groups attached to an aromatic ring is 1. The van der Waals surface area contributed by atoms with E-state index in [1.165, 1.54) is 12.3 Å². The summed E-state index contributed by atoms with van der Waals surface area (Å²) in [6, 6.07) is 2.94. The Morgan fingerprint density at radius 1 is 1.08 bits per heavy atom. The average Bonchev–Trinajstić information content (AvgIpc) is 2.98. The molecule has 1 aromatic heterocycles. The van der Waals surface area contributed by atoms with Gasteiger partial charge in [0.25, 0.3) is 20.2 Å². The molecule has 0 aliphatic carbocycles. The summed E-state index contributed by atoms with van der Waals surface area (Å²) in [5, 5.41) is 1.82. The van der Waals surface area contributed by atoms with Crippen LogP contribution < -0.4 is 5.73 Å². The van der Waals surface area contributed by atoms with Gasteiger partial charge in [0.15, 0.2) is 0 Å². The second-order valence-corrected chi connectivity index (χ2v) is 9.07. The number of thiazole rings is 1. The number of benzene rings is 2. The van der Waals surface area contributed by atoms with E-state index in [1.54, 1.807) is 5.38 Å². The van der Waals surface area contributed by atoms with Crippen LogP contribution in [0.3, 0.4) is 0 Å². The fraction of sp³-hybridized carbons (Fsp3) is 0. The molecule has 0 amide bonds. The minimum absolute atomic E-state index is 0.0242. The maximum atomic E-state index is 11.8. The standard InChI is InChI=1S/C13H9ClN2O6S3/c14-8-5-9(15)12(13-16-1-2-23-13)11-7(8)3-6(24(17,18)19)4-10(11)25(20,21)22/h1-5H,15H2,(H,17,18,19)(H,20,21,22). The van der Waals surface area contributed by atoms with E-state index < -0.39 is 30.0 Å². The first kappa shape index (κ1) is 18.0. The topological polar surface area (TPSA) is 148 Å². The first-order chi connectivity index (χ1) is 11.5. The van der Waals surface area contributed by atoms with Crippen molar-refractivity contribution in [1.29, 1.82) is 0 Å². The minimum Gasteiger partial charge on any atom is -0.398 e. The summed E-state index contributed by atoms with van der Waals surface area (Å²) in [6.45, 7) is 0. The number of nitrogens with zero attached hydrogens (tertiary/aromatic N) is 1. The summed E-state index contributed by atoms with van der Waals surface area (Å²) in [6.07, 6.45) is 1.47. The Morgan fingerprint density at radius 3 is 2.28 bits per heavy atom. The summed E-state index contributed by atoms with van der Waals surface area (Å²) in [5.74, 6) is 0. The van der Waals surface area contributed by atoms with Crippen LogP contribution >= 0.6 is 22.9 Å². The highest BCUT2D eigenvalue weighted by atomic mass is 35.5. The fourth-order valence-corrected chi connectivity index (χ4v) is 4.73. The van der Waals surface area contributed by atoms with Gasteiger partial charge in [-0.1, -0.05) is 11.6 Å². The Morgan fingerprint density at radius 2 is 1.76 bits per heavy atom. The summed E-state index contributed by atoms with van der Waals surface area (Å²) in [7, 11) is -9.62. The van der Waals surface area contributed by atoms with Gasteiger partial charge in [0.1, 0.15) is 9.90 Å². The molecule has 4 N–H and O–H groups in total. The van der Waals surface area contributed by atoms with E-state index in [2.05, 4.69) is 4.98 Å². The van der Waals surface area contributed by atoms with E-state index in [-0.39, 0.29) is 27.0 Å². The van der Waals surface area contributed by atoms with Crippen LogP contribution in [0, 0.1) is 0 Å². The number of halogens is 1. The van der Waals surface area contributed by atoms with Gasteiger partial charge in [-0.25, -0.2) is 4.98 Å². The Bertz CT molecular complexity index is 1200. The highest BCUT2D eigenvalue weighted by Gasteiger charge is 2.26. The molecule has 3 rings (SSSR count). The molecule has 0 atom stereocenters. The molecule has 25 heavy (non-hydrogen) atoms. The van der Waals surface area contributed by atoms with Gasteiger partial charge in [0.2, 0.25) is 0 Å². The van der Waals surface area contributed by atoms with Crippen LogP contribution in [0.1, 0.15) is 0 Å². The number of nitrogens with two attached hydrogens (primary N) is 1. The quantitative estimate of drug-likeness (QED) is 0.432. The van der Waals surface area contributed by atoms with E-state index in [0.717, 1.165) is 17.4 Å². The van der Waals surface area contributed by atoms with Crippen molar-refractivity contribution in [3.05, 3.63) is 34.8 Å². The predicted octanol–water partition coefficient (Wildman–Crippen LogP) is 2.69. The number of hydrogen-bond acceptors (Lipinski definition) is 7. The van der Waals surface area contributed by atoms with Crippen LogP contribution in [-0.4, -0.2) is 30.9 Å². The first-order valence-electron chi connectivity index (χ1n) is 6.40. The normalized spacial score (nSPS) is 12.6. The molecule has 0 aliphatic rings. The molecule has 0 fully saturated rings. The van der Waals surface area contributed by atoms with Crippen LogP contribution in [0.4, 0.5) is 5.69 Å². The maximum absolute atomic E-state index is 11.8. The van der Waals surface area contributed by atoms with Gasteiger partial charge < -0.3 is 5.73 Å². The van der Waals surface area contributed by atoms with Crippen molar-refractivity contribution in [2.24, 2.45) is 0 Å². The lowest BCUT2D eigenvalue weighted by Gasteiger charge is -2.14. The zero-order valence-corrected chi connectivity index (χ0v) is 15.2. The SMILES string of the molecule is Nc1cc(Cl)c2cc(S(=O)(=O)O)cc(S(=O)(=O)O)c2c1-c1nccs1. The molecule has 3 aromatic rings. The third-order valence-electron chi connectivity index (χ3n) is 3.38. The smallest absolute Gasteiger partial charge is 0.295 e. The van der Waals surface area contributed by atoms with Gasteiger partial charge in [-0.3, -0.25) is 9.11 Å². The second kappa shape index (κ2) is 5.90. The van der Waals surface area contributed by atoms with Crippen molar-refractivity contribution < 1.29 is 25.9 Å². The van der Waals surface area contributed by atoms with Crippen LogP contribution in [0.25, 0.3) is 21.3 Å². The van der Waals surface area contributed by atoms with Crippen molar-refractivity contribution in [3.63, 3.8) is 0 Å². The number of hydrogen-bond donors (Lipinski definition) is 3. The lowest BCUT2D eigenvalue weighted by Crippen LogP contribution is -2.06. The molecule has 0 bridgehead atoms. The van der Waals surface area contributed by atoms with Crippen molar-refractivity contribution in [2.75, 3.05) is 5.73 Å². The van der Waals surface area contributed by atoms with Crippen LogP contribution in [0.2, 0.25) is 5.02 Å². The van der Waals surface area contributed by atoms with E-state index in [0.29, 0.717) is 11.1 Å². The van der Waals surface area contributed by atoms with Crippen molar-refractivity contribution in [2.45, 2.75) is 9.79 Å². The summed E-state index contributed by atoms with van der Waals surface area (Å²) in [4.78, 5) is 2.59. The molecule has 0 saturated heterocycles. The number of anilines is 1. The molecule has 0 saturated carbocycles. The Balaban J connectivity index is 2.64. The molecule has 0 aliphatic heterocycles. The van der Waals surface area contributed by atoms with Crippen molar-refractivity contribution in [3.8, 4) is 10.6 Å². The summed E-state index contributed by atoms with van der Waals surface area (Å²) < 4.78 is 65.4. The zero-order valence-electron chi connectivity index (χ0n) is 12.0. The van der Waals surface area contributed by atoms with Crippen molar-refractivity contribution >= 4 is 59.6 Å². The largest absolute Gasteiger partial charge is 0.398 e. The fourth-order valence-electron chi connectivity index (χ4n) is 2.40. The molecule has 8 nitrogen and oxygen atoms in total. The van der Waals surface area contributed by atoms with E-state index in [4.69, 9.17) is 17.3 Å². The molecule has 0 spiro atoms. The van der Waals surface area contributed by atoms with E-state index in [9.17, 15) is 25.9 Å². The van der Waals surface area contributed by atoms with Gasteiger partial charge in [0, 0.05) is 33.6 Å². The van der Waals surface area contributed by atoms with Crippen LogP contribution in [-0.2, 0) is 20.2 Å². The third-order valence-corrected chi connectivity index (χ3v) is 6.19. The number of aromatic nitrogens is 1.